The predicted molar refractivity (Wildman–Crippen MR) is 122 cm³/mol. The molecule has 0 saturated heterocycles. The van der Waals surface area contributed by atoms with Crippen LogP contribution in [-0.4, -0.2) is 17.7 Å². The van der Waals surface area contributed by atoms with E-state index < -0.39 is 17.6 Å². The van der Waals surface area contributed by atoms with Crippen LogP contribution in [0.2, 0.25) is 0 Å². The maximum Gasteiger partial charge on any atom is 0.258 e. The molecule has 0 spiro atoms. The molecule has 0 heterocycles. The van der Waals surface area contributed by atoms with Gasteiger partial charge in [0.2, 0.25) is 5.91 Å². The Morgan fingerprint density at radius 3 is 2.23 bits per heavy atom. The van der Waals surface area contributed by atoms with E-state index in [0.29, 0.717) is 22.6 Å². The Kier molecular flexibility index (Phi) is 6.81. The minimum Gasteiger partial charge on any atom is -0.325 e. The fourth-order valence-corrected chi connectivity index (χ4v) is 3.21. The van der Waals surface area contributed by atoms with E-state index in [1.165, 1.54) is 31.2 Å². The number of carbonyl (C=O) groups excluding carboxylic acids is 3. The van der Waals surface area contributed by atoms with Gasteiger partial charge in [-0.05, 0) is 55.0 Å². The zero-order valence-electron chi connectivity index (χ0n) is 16.8. The van der Waals surface area contributed by atoms with E-state index in [1.807, 2.05) is 0 Å². The number of hydrogen-bond donors (Lipinski definition) is 3. The van der Waals surface area contributed by atoms with Gasteiger partial charge in [0.1, 0.15) is 5.82 Å². The number of aryl methyl sites for hydroxylation is 1. The number of halogens is 2. The van der Waals surface area contributed by atoms with E-state index in [1.54, 1.807) is 43.3 Å². The Balaban J connectivity index is 1.84. The molecule has 0 aliphatic carbocycles. The number of anilines is 3. The average molecular weight is 484 g/mol. The van der Waals surface area contributed by atoms with Crippen LogP contribution in [0, 0.1) is 12.7 Å². The van der Waals surface area contributed by atoms with Gasteiger partial charge in [0, 0.05) is 22.6 Å². The van der Waals surface area contributed by atoms with Crippen molar-refractivity contribution in [2.75, 3.05) is 16.0 Å². The standard InChI is InChI=1S/C23H19BrFN3O3/c1-13-7-8-15(11-20(13)27-23(31)17-5-3-4-6-18(17)25)22(30)28-21-12-16(24)9-10-19(21)26-14(2)29/h3-12H,1-2H3,(H,26,29)(H,27,31)(H,28,30). The first-order chi connectivity index (χ1) is 14.7. The smallest absolute Gasteiger partial charge is 0.258 e. The lowest BCUT2D eigenvalue weighted by atomic mass is 10.1. The highest BCUT2D eigenvalue weighted by Crippen LogP contribution is 2.27. The monoisotopic (exact) mass is 483 g/mol. The fraction of sp³-hybridized carbons (Fsp3) is 0.0870. The molecule has 158 valence electrons. The summed E-state index contributed by atoms with van der Waals surface area (Å²) in [6.45, 7) is 3.14. The van der Waals surface area contributed by atoms with Gasteiger partial charge >= 0.3 is 0 Å². The molecule has 0 aromatic heterocycles. The highest BCUT2D eigenvalue weighted by molar-refractivity contribution is 9.10. The quantitative estimate of drug-likeness (QED) is 0.456. The van der Waals surface area contributed by atoms with Crippen LogP contribution < -0.4 is 16.0 Å². The van der Waals surface area contributed by atoms with Gasteiger partial charge in [-0.2, -0.15) is 0 Å². The van der Waals surface area contributed by atoms with Crippen LogP contribution in [0.1, 0.15) is 33.2 Å². The van der Waals surface area contributed by atoms with Crippen LogP contribution in [-0.2, 0) is 4.79 Å². The molecule has 3 amide bonds. The summed E-state index contributed by atoms with van der Waals surface area (Å²) in [5, 5.41) is 8.07. The summed E-state index contributed by atoms with van der Waals surface area (Å²) in [7, 11) is 0. The van der Waals surface area contributed by atoms with Gasteiger partial charge in [0.05, 0.1) is 16.9 Å². The minimum absolute atomic E-state index is 0.0918. The zero-order valence-corrected chi connectivity index (χ0v) is 18.3. The van der Waals surface area contributed by atoms with Crippen molar-refractivity contribution in [2.45, 2.75) is 13.8 Å². The van der Waals surface area contributed by atoms with Gasteiger partial charge in [-0.3, -0.25) is 14.4 Å². The number of nitrogens with one attached hydrogen (secondary N) is 3. The summed E-state index contributed by atoms with van der Waals surface area (Å²) in [6.07, 6.45) is 0. The third-order valence-corrected chi connectivity index (χ3v) is 4.90. The Bertz CT molecular complexity index is 1180. The summed E-state index contributed by atoms with van der Waals surface area (Å²) in [6, 6.07) is 15.5. The highest BCUT2D eigenvalue weighted by atomic mass is 79.9. The Hall–Kier alpha value is -3.52. The molecule has 0 aliphatic heterocycles. The molecule has 8 heteroatoms. The molecule has 3 N–H and O–H groups in total. The summed E-state index contributed by atoms with van der Waals surface area (Å²) in [4.78, 5) is 36.7. The molecule has 0 fully saturated rings. The van der Waals surface area contributed by atoms with E-state index in [9.17, 15) is 18.8 Å². The molecule has 0 bridgehead atoms. The number of amides is 3. The van der Waals surface area contributed by atoms with Gasteiger partial charge in [-0.1, -0.05) is 34.1 Å². The largest absolute Gasteiger partial charge is 0.325 e. The van der Waals surface area contributed by atoms with Crippen LogP contribution in [0.3, 0.4) is 0 Å². The van der Waals surface area contributed by atoms with E-state index in [-0.39, 0.29) is 17.0 Å². The third kappa shape index (κ3) is 5.55. The summed E-state index contributed by atoms with van der Waals surface area (Å²) < 4.78 is 14.6. The molecular weight excluding hydrogens is 465 g/mol. The van der Waals surface area contributed by atoms with Gasteiger partial charge < -0.3 is 16.0 Å². The molecule has 6 nitrogen and oxygen atoms in total. The maximum absolute atomic E-state index is 13.9. The van der Waals surface area contributed by atoms with Gasteiger partial charge in [0.25, 0.3) is 11.8 Å². The predicted octanol–water partition coefficient (Wildman–Crippen LogP) is 5.36. The first-order valence-corrected chi connectivity index (χ1v) is 10.1. The van der Waals surface area contributed by atoms with E-state index >= 15 is 0 Å². The SMILES string of the molecule is CC(=O)Nc1ccc(Br)cc1NC(=O)c1ccc(C)c(NC(=O)c2ccccc2F)c1. The average Bonchev–Trinajstić information content (AvgIpc) is 2.71. The van der Waals surface area contributed by atoms with Crippen LogP contribution in [0.5, 0.6) is 0 Å². The molecule has 0 aliphatic rings. The second kappa shape index (κ2) is 9.53. The van der Waals surface area contributed by atoms with Gasteiger partial charge in [0.15, 0.2) is 0 Å². The van der Waals surface area contributed by atoms with Crippen molar-refractivity contribution in [1.82, 2.24) is 0 Å². The van der Waals surface area contributed by atoms with Crippen molar-refractivity contribution in [1.29, 1.82) is 0 Å². The summed E-state index contributed by atoms with van der Waals surface area (Å²) in [5.74, 6) is -1.96. The van der Waals surface area contributed by atoms with Gasteiger partial charge in [-0.15, -0.1) is 0 Å². The lowest BCUT2D eigenvalue weighted by Crippen LogP contribution is -2.17. The lowest BCUT2D eigenvalue weighted by molar-refractivity contribution is -0.114. The molecule has 0 radical (unpaired) electrons. The van der Waals surface area contributed by atoms with Crippen molar-refractivity contribution in [3.05, 3.63) is 87.6 Å². The number of carbonyl (C=O) groups is 3. The number of hydrogen-bond acceptors (Lipinski definition) is 3. The molecule has 3 aromatic carbocycles. The topological polar surface area (TPSA) is 87.3 Å². The Morgan fingerprint density at radius 1 is 0.806 bits per heavy atom. The second-order valence-electron chi connectivity index (χ2n) is 6.79. The van der Waals surface area contributed by atoms with E-state index in [4.69, 9.17) is 0 Å². The molecule has 31 heavy (non-hydrogen) atoms. The van der Waals surface area contributed by atoms with Crippen LogP contribution in [0.15, 0.2) is 65.1 Å². The van der Waals surface area contributed by atoms with E-state index in [2.05, 4.69) is 31.9 Å². The van der Waals surface area contributed by atoms with Crippen molar-refractivity contribution in [3.8, 4) is 0 Å². The molecule has 0 unspecified atom stereocenters. The van der Waals surface area contributed by atoms with Crippen LogP contribution >= 0.6 is 15.9 Å². The summed E-state index contributed by atoms with van der Waals surface area (Å²) >= 11 is 3.34. The maximum atomic E-state index is 13.9. The van der Waals surface area contributed by atoms with E-state index in [0.717, 1.165) is 4.47 Å². The Morgan fingerprint density at radius 2 is 1.52 bits per heavy atom. The molecular formula is C23H19BrFN3O3. The van der Waals surface area contributed by atoms with Crippen LogP contribution in [0.25, 0.3) is 0 Å². The highest BCUT2D eigenvalue weighted by Gasteiger charge is 2.15. The van der Waals surface area contributed by atoms with Crippen molar-refractivity contribution < 1.29 is 18.8 Å². The minimum atomic E-state index is -0.633. The number of benzene rings is 3. The first kappa shape index (κ1) is 22.2. The number of rotatable bonds is 5. The molecule has 0 saturated carbocycles. The third-order valence-electron chi connectivity index (χ3n) is 4.41. The fourth-order valence-electron chi connectivity index (χ4n) is 2.85. The Labute approximate surface area is 187 Å². The lowest BCUT2D eigenvalue weighted by Gasteiger charge is -2.14. The van der Waals surface area contributed by atoms with Crippen LogP contribution in [0.4, 0.5) is 21.5 Å². The van der Waals surface area contributed by atoms with Crippen molar-refractivity contribution in [2.24, 2.45) is 0 Å². The first-order valence-electron chi connectivity index (χ1n) is 9.29. The summed E-state index contributed by atoms with van der Waals surface area (Å²) in [5.41, 5.74) is 2.14. The second-order valence-corrected chi connectivity index (χ2v) is 7.70. The normalized spacial score (nSPS) is 10.3. The molecule has 0 atom stereocenters. The van der Waals surface area contributed by atoms with Gasteiger partial charge in [-0.25, -0.2) is 4.39 Å². The molecule has 3 aromatic rings. The molecule has 3 rings (SSSR count). The van der Waals surface area contributed by atoms with Crippen molar-refractivity contribution >= 4 is 50.7 Å². The zero-order chi connectivity index (χ0) is 22.5. The van der Waals surface area contributed by atoms with Crippen molar-refractivity contribution in [3.63, 3.8) is 0 Å².